The number of nitrogens with zero attached hydrogens (tertiary/aromatic N) is 1. The van der Waals surface area contributed by atoms with Crippen LogP contribution in [0, 0.1) is 0 Å². The van der Waals surface area contributed by atoms with Crippen LogP contribution in [-0.2, 0) is 9.53 Å². The SMILES string of the molecule is CCC(Nc1ccc(Cl)nc1)C(=O)OC. The molecule has 0 saturated heterocycles. The van der Waals surface area contributed by atoms with Gasteiger partial charge < -0.3 is 10.1 Å². The third-order valence-corrected chi connectivity index (χ3v) is 2.19. The van der Waals surface area contributed by atoms with E-state index in [0.29, 0.717) is 11.6 Å². The lowest BCUT2D eigenvalue weighted by Crippen LogP contribution is -2.29. The number of esters is 1. The van der Waals surface area contributed by atoms with Crippen molar-refractivity contribution in [2.45, 2.75) is 19.4 Å². The Bertz CT molecular complexity index is 327. The van der Waals surface area contributed by atoms with Gasteiger partial charge in [0.25, 0.3) is 0 Å². The number of methoxy groups -OCH3 is 1. The second kappa shape index (κ2) is 5.56. The smallest absolute Gasteiger partial charge is 0.328 e. The van der Waals surface area contributed by atoms with E-state index in [-0.39, 0.29) is 12.0 Å². The van der Waals surface area contributed by atoms with Crippen LogP contribution in [0.5, 0.6) is 0 Å². The second-order valence-corrected chi connectivity index (χ2v) is 3.39. The largest absolute Gasteiger partial charge is 0.467 e. The summed E-state index contributed by atoms with van der Waals surface area (Å²) in [6, 6.07) is 3.08. The Kier molecular flexibility index (Phi) is 4.37. The third kappa shape index (κ3) is 3.40. The van der Waals surface area contributed by atoms with Crippen molar-refractivity contribution < 1.29 is 9.53 Å². The number of anilines is 1. The van der Waals surface area contributed by atoms with Crippen LogP contribution < -0.4 is 5.32 Å². The molecule has 4 nitrogen and oxygen atoms in total. The molecule has 1 aromatic heterocycles. The molecule has 1 N–H and O–H groups in total. The van der Waals surface area contributed by atoms with Crippen molar-refractivity contribution in [2.24, 2.45) is 0 Å². The van der Waals surface area contributed by atoms with Crippen molar-refractivity contribution in [1.29, 1.82) is 0 Å². The molecule has 1 unspecified atom stereocenters. The Hall–Kier alpha value is -1.29. The van der Waals surface area contributed by atoms with E-state index in [9.17, 15) is 4.79 Å². The second-order valence-electron chi connectivity index (χ2n) is 3.00. The van der Waals surface area contributed by atoms with Gasteiger partial charge >= 0.3 is 5.97 Å². The van der Waals surface area contributed by atoms with Gasteiger partial charge in [0.1, 0.15) is 11.2 Å². The van der Waals surface area contributed by atoms with E-state index in [0.717, 1.165) is 5.69 Å². The molecular formula is C10H13ClN2O2. The first kappa shape index (κ1) is 11.8. The van der Waals surface area contributed by atoms with Crippen molar-refractivity contribution in [3.05, 3.63) is 23.5 Å². The Morgan fingerprint density at radius 1 is 1.67 bits per heavy atom. The predicted octanol–water partition coefficient (Wildman–Crippen LogP) is 2.10. The lowest BCUT2D eigenvalue weighted by Gasteiger charge is -2.15. The summed E-state index contributed by atoms with van der Waals surface area (Å²) in [5, 5.41) is 3.43. The van der Waals surface area contributed by atoms with Crippen molar-refractivity contribution in [3.63, 3.8) is 0 Å². The maximum absolute atomic E-state index is 11.3. The number of carbonyl (C=O) groups excluding carboxylic acids is 1. The molecule has 0 saturated carbocycles. The number of ether oxygens (including phenoxy) is 1. The molecule has 0 aliphatic heterocycles. The van der Waals surface area contributed by atoms with Crippen LogP contribution >= 0.6 is 11.6 Å². The normalized spacial score (nSPS) is 11.9. The summed E-state index contributed by atoms with van der Waals surface area (Å²) in [7, 11) is 1.37. The number of aromatic nitrogens is 1. The molecule has 1 aromatic rings. The van der Waals surface area contributed by atoms with Crippen LogP contribution in [0.4, 0.5) is 5.69 Å². The van der Waals surface area contributed by atoms with Gasteiger partial charge in [-0.15, -0.1) is 0 Å². The molecule has 0 fully saturated rings. The predicted molar refractivity (Wildman–Crippen MR) is 59.0 cm³/mol. The maximum Gasteiger partial charge on any atom is 0.328 e. The minimum Gasteiger partial charge on any atom is -0.467 e. The van der Waals surface area contributed by atoms with E-state index in [4.69, 9.17) is 11.6 Å². The zero-order valence-corrected chi connectivity index (χ0v) is 9.41. The number of halogens is 1. The number of pyridine rings is 1. The van der Waals surface area contributed by atoms with Crippen LogP contribution in [0.2, 0.25) is 5.15 Å². The highest BCUT2D eigenvalue weighted by molar-refractivity contribution is 6.29. The molecule has 0 radical (unpaired) electrons. The molecule has 0 aliphatic rings. The fourth-order valence-electron chi connectivity index (χ4n) is 1.13. The Balaban J connectivity index is 2.66. The zero-order chi connectivity index (χ0) is 11.3. The van der Waals surface area contributed by atoms with Crippen molar-refractivity contribution in [1.82, 2.24) is 4.98 Å². The molecule has 1 rings (SSSR count). The van der Waals surface area contributed by atoms with Gasteiger partial charge in [-0.2, -0.15) is 0 Å². The van der Waals surface area contributed by atoms with Gasteiger partial charge in [-0.1, -0.05) is 18.5 Å². The molecule has 0 bridgehead atoms. The first-order valence-electron chi connectivity index (χ1n) is 4.63. The summed E-state index contributed by atoms with van der Waals surface area (Å²) in [5.41, 5.74) is 0.747. The number of hydrogen-bond acceptors (Lipinski definition) is 4. The van der Waals surface area contributed by atoms with Gasteiger partial charge in [0.05, 0.1) is 19.0 Å². The molecule has 5 heteroatoms. The zero-order valence-electron chi connectivity index (χ0n) is 8.66. The molecule has 1 atom stereocenters. The fourth-order valence-corrected chi connectivity index (χ4v) is 1.24. The third-order valence-electron chi connectivity index (χ3n) is 1.96. The summed E-state index contributed by atoms with van der Waals surface area (Å²) in [4.78, 5) is 15.2. The van der Waals surface area contributed by atoms with Crippen LogP contribution in [0.1, 0.15) is 13.3 Å². The highest BCUT2D eigenvalue weighted by Crippen LogP contribution is 2.12. The topological polar surface area (TPSA) is 51.2 Å². The molecular weight excluding hydrogens is 216 g/mol. The van der Waals surface area contributed by atoms with E-state index in [1.807, 2.05) is 6.92 Å². The summed E-state index contributed by atoms with van der Waals surface area (Å²) < 4.78 is 4.65. The van der Waals surface area contributed by atoms with Gasteiger partial charge in [0.2, 0.25) is 0 Å². The van der Waals surface area contributed by atoms with Crippen LogP contribution in [-0.4, -0.2) is 24.1 Å². The first-order chi connectivity index (χ1) is 7.17. The quantitative estimate of drug-likeness (QED) is 0.634. The van der Waals surface area contributed by atoms with Gasteiger partial charge in [0, 0.05) is 0 Å². The highest BCUT2D eigenvalue weighted by atomic mass is 35.5. The summed E-state index contributed by atoms with van der Waals surface area (Å²) >= 11 is 5.64. The molecule has 0 spiro atoms. The molecule has 15 heavy (non-hydrogen) atoms. The van der Waals surface area contributed by atoms with Gasteiger partial charge in [-0.05, 0) is 18.6 Å². The van der Waals surface area contributed by atoms with Crippen molar-refractivity contribution in [2.75, 3.05) is 12.4 Å². The lowest BCUT2D eigenvalue weighted by molar-refractivity contribution is -0.141. The van der Waals surface area contributed by atoms with Crippen LogP contribution in [0.15, 0.2) is 18.3 Å². The number of carbonyl (C=O) groups is 1. The number of rotatable bonds is 4. The van der Waals surface area contributed by atoms with E-state index in [2.05, 4.69) is 15.0 Å². The molecule has 0 amide bonds. The summed E-state index contributed by atoms with van der Waals surface area (Å²) in [6.45, 7) is 1.90. The minimum atomic E-state index is -0.349. The monoisotopic (exact) mass is 228 g/mol. The van der Waals surface area contributed by atoms with Gasteiger partial charge in [0.15, 0.2) is 0 Å². The van der Waals surface area contributed by atoms with Crippen molar-refractivity contribution >= 4 is 23.3 Å². The number of hydrogen-bond donors (Lipinski definition) is 1. The fraction of sp³-hybridized carbons (Fsp3) is 0.400. The van der Waals surface area contributed by atoms with Crippen LogP contribution in [0.25, 0.3) is 0 Å². The maximum atomic E-state index is 11.3. The van der Waals surface area contributed by atoms with E-state index < -0.39 is 0 Å². The molecule has 0 aromatic carbocycles. The lowest BCUT2D eigenvalue weighted by atomic mass is 10.2. The Morgan fingerprint density at radius 2 is 2.40 bits per heavy atom. The van der Waals surface area contributed by atoms with Crippen LogP contribution in [0.3, 0.4) is 0 Å². The van der Waals surface area contributed by atoms with E-state index >= 15 is 0 Å². The number of nitrogens with one attached hydrogen (secondary N) is 1. The summed E-state index contributed by atoms with van der Waals surface area (Å²) in [5.74, 6) is -0.285. The highest BCUT2D eigenvalue weighted by Gasteiger charge is 2.16. The van der Waals surface area contributed by atoms with E-state index in [1.165, 1.54) is 7.11 Å². The molecule has 82 valence electrons. The van der Waals surface area contributed by atoms with Gasteiger partial charge in [-0.3, -0.25) is 0 Å². The summed E-state index contributed by atoms with van der Waals surface area (Å²) in [6.07, 6.45) is 2.23. The van der Waals surface area contributed by atoms with E-state index in [1.54, 1.807) is 18.3 Å². The average molecular weight is 229 g/mol. The molecule has 0 aliphatic carbocycles. The molecule has 1 heterocycles. The van der Waals surface area contributed by atoms with Crippen molar-refractivity contribution in [3.8, 4) is 0 Å². The average Bonchev–Trinajstić information content (AvgIpc) is 2.27. The minimum absolute atomic E-state index is 0.285. The Morgan fingerprint density at radius 3 is 2.87 bits per heavy atom. The van der Waals surface area contributed by atoms with Gasteiger partial charge in [-0.25, -0.2) is 9.78 Å². The first-order valence-corrected chi connectivity index (χ1v) is 5.01. The Labute approximate surface area is 93.6 Å². The standard InChI is InChI=1S/C10H13ClN2O2/c1-3-8(10(14)15-2)13-7-4-5-9(11)12-6-7/h4-6,8,13H,3H2,1-2H3.